The fraction of sp³-hybridized carbons (Fsp3) is 0.867. The Morgan fingerprint density at radius 1 is 1.23 bits per heavy atom. The Bertz CT molecular complexity index is 330. The van der Waals surface area contributed by atoms with E-state index < -0.39 is 0 Å². The van der Waals surface area contributed by atoms with E-state index in [1.165, 1.54) is 6.42 Å². The van der Waals surface area contributed by atoms with Gasteiger partial charge in [-0.05, 0) is 51.7 Å². The molecule has 130 valence electrons. The van der Waals surface area contributed by atoms with Crippen LogP contribution in [0.4, 0.5) is 0 Å². The lowest BCUT2D eigenvalue weighted by Gasteiger charge is -2.30. The van der Waals surface area contributed by atoms with Crippen LogP contribution >= 0.6 is 24.0 Å². The zero-order chi connectivity index (χ0) is 15.5. The number of hydrogen-bond donors (Lipinski definition) is 3. The first kappa shape index (κ1) is 21.4. The molecule has 4 N–H and O–H groups in total. The summed E-state index contributed by atoms with van der Waals surface area (Å²) in [5, 5.41) is 6.58. The minimum absolute atomic E-state index is 0. The summed E-state index contributed by atoms with van der Waals surface area (Å²) in [6.45, 7) is 7.15. The van der Waals surface area contributed by atoms with Gasteiger partial charge in [0.05, 0.1) is 0 Å². The number of primary amides is 1. The predicted molar refractivity (Wildman–Crippen MR) is 103 cm³/mol. The van der Waals surface area contributed by atoms with E-state index in [4.69, 9.17) is 5.73 Å². The molecule has 0 saturated carbocycles. The highest BCUT2D eigenvalue weighted by Gasteiger charge is 2.22. The Balaban J connectivity index is 0.00000441. The van der Waals surface area contributed by atoms with E-state index in [0.29, 0.717) is 0 Å². The number of nitrogens with zero attached hydrogens (tertiary/aromatic N) is 2. The first-order chi connectivity index (χ1) is 10.2. The van der Waals surface area contributed by atoms with Gasteiger partial charge < -0.3 is 21.3 Å². The summed E-state index contributed by atoms with van der Waals surface area (Å²) in [5.74, 6) is 0.847. The third-order valence-electron chi connectivity index (χ3n) is 3.95. The van der Waals surface area contributed by atoms with E-state index in [0.717, 1.165) is 64.4 Å². The lowest BCUT2D eigenvalue weighted by atomic mass is 9.96. The molecule has 22 heavy (non-hydrogen) atoms. The molecule has 1 saturated heterocycles. The summed E-state index contributed by atoms with van der Waals surface area (Å²) in [4.78, 5) is 17.7. The largest absolute Gasteiger partial charge is 0.369 e. The van der Waals surface area contributed by atoms with Crippen LogP contribution in [0.1, 0.15) is 39.0 Å². The molecule has 0 aromatic carbocycles. The van der Waals surface area contributed by atoms with Crippen molar-refractivity contribution in [1.29, 1.82) is 0 Å². The van der Waals surface area contributed by atoms with Gasteiger partial charge in [-0.2, -0.15) is 0 Å². The van der Waals surface area contributed by atoms with Gasteiger partial charge >= 0.3 is 0 Å². The van der Waals surface area contributed by atoms with Crippen LogP contribution in [0.25, 0.3) is 0 Å². The molecule has 0 spiro atoms. The van der Waals surface area contributed by atoms with Crippen LogP contribution in [0.15, 0.2) is 4.99 Å². The summed E-state index contributed by atoms with van der Waals surface area (Å²) in [5.41, 5.74) is 5.35. The molecule has 1 fully saturated rings. The number of nitrogens with two attached hydrogens (primary N) is 1. The molecule has 1 heterocycles. The van der Waals surface area contributed by atoms with Crippen LogP contribution < -0.4 is 16.4 Å². The zero-order valence-electron chi connectivity index (χ0n) is 13.9. The SMILES string of the molecule is CCCNC(=NC)NCCCCN1CCC(C(N)=O)CC1.I. The Labute approximate surface area is 151 Å². The molecular formula is C15H32IN5O. The molecule has 1 amide bonds. The fourth-order valence-electron chi connectivity index (χ4n) is 2.57. The van der Waals surface area contributed by atoms with Crippen molar-refractivity contribution < 1.29 is 4.79 Å². The molecular weight excluding hydrogens is 393 g/mol. The van der Waals surface area contributed by atoms with E-state index in [1.807, 2.05) is 0 Å². The first-order valence-electron chi connectivity index (χ1n) is 8.13. The van der Waals surface area contributed by atoms with Crippen LogP contribution in [-0.2, 0) is 4.79 Å². The molecule has 0 radical (unpaired) electrons. The summed E-state index contributed by atoms with van der Waals surface area (Å²) in [6, 6.07) is 0. The standard InChI is InChI=1S/C15H31N5O.HI/c1-3-8-18-15(17-2)19-9-4-5-10-20-11-6-13(7-12-20)14(16)21;/h13H,3-12H2,1-2H3,(H2,16,21)(H2,17,18,19);1H. The number of carbonyl (C=O) groups excluding carboxylic acids is 1. The smallest absolute Gasteiger partial charge is 0.220 e. The Morgan fingerprint density at radius 2 is 1.86 bits per heavy atom. The van der Waals surface area contributed by atoms with Crippen molar-refractivity contribution in [2.45, 2.75) is 39.0 Å². The highest BCUT2D eigenvalue weighted by molar-refractivity contribution is 14.0. The molecule has 0 bridgehead atoms. The van der Waals surface area contributed by atoms with Crippen molar-refractivity contribution in [2.24, 2.45) is 16.6 Å². The third kappa shape index (κ3) is 8.77. The van der Waals surface area contributed by atoms with Crippen LogP contribution in [-0.4, -0.2) is 56.5 Å². The summed E-state index contributed by atoms with van der Waals surface area (Å²) in [7, 11) is 1.80. The van der Waals surface area contributed by atoms with Gasteiger partial charge in [0, 0.05) is 26.1 Å². The lowest BCUT2D eigenvalue weighted by molar-refractivity contribution is -0.123. The zero-order valence-corrected chi connectivity index (χ0v) is 16.3. The molecule has 7 heteroatoms. The number of guanidine groups is 1. The predicted octanol–water partition coefficient (Wildman–Crippen LogP) is 1.16. The quantitative estimate of drug-likeness (QED) is 0.236. The van der Waals surface area contributed by atoms with Crippen molar-refractivity contribution in [3.8, 4) is 0 Å². The van der Waals surface area contributed by atoms with Gasteiger partial charge in [-0.25, -0.2) is 0 Å². The first-order valence-corrected chi connectivity index (χ1v) is 8.13. The van der Waals surface area contributed by atoms with E-state index in [9.17, 15) is 4.79 Å². The number of hydrogen-bond acceptors (Lipinski definition) is 3. The summed E-state index contributed by atoms with van der Waals surface area (Å²) in [6.07, 6.45) is 5.23. The van der Waals surface area contributed by atoms with Crippen LogP contribution in [0.5, 0.6) is 0 Å². The minimum atomic E-state index is -0.134. The number of unbranched alkanes of at least 4 members (excludes halogenated alkanes) is 1. The van der Waals surface area contributed by atoms with Crippen LogP contribution in [0.3, 0.4) is 0 Å². The highest BCUT2D eigenvalue weighted by Crippen LogP contribution is 2.16. The van der Waals surface area contributed by atoms with Crippen molar-refractivity contribution in [3.05, 3.63) is 0 Å². The number of rotatable bonds is 8. The number of carbonyl (C=O) groups is 1. The van der Waals surface area contributed by atoms with Crippen molar-refractivity contribution in [3.63, 3.8) is 0 Å². The Hall–Kier alpha value is -0.570. The number of halogens is 1. The number of likely N-dealkylation sites (tertiary alicyclic amines) is 1. The van der Waals surface area contributed by atoms with Gasteiger partial charge in [-0.3, -0.25) is 9.79 Å². The molecule has 0 aromatic heterocycles. The molecule has 0 aromatic rings. The van der Waals surface area contributed by atoms with Gasteiger partial charge in [0.15, 0.2) is 5.96 Å². The molecule has 6 nitrogen and oxygen atoms in total. The van der Waals surface area contributed by atoms with E-state index in [2.05, 4.69) is 27.4 Å². The number of nitrogens with one attached hydrogen (secondary N) is 2. The molecule has 1 aliphatic rings. The van der Waals surface area contributed by atoms with Crippen LogP contribution in [0, 0.1) is 5.92 Å². The second kappa shape index (κ2) is 12.9. The second-order valence-electron chi connectivity index (χ2n) is 5.65. The van der Waals surface area contributed by atoms with Crippen molar-refractivity contribution >= 4 is 35.8 Å². The highest BCUT2D eigenvalue weighted by atomic mass is 127. The maximum atomic E-state index is 11.1. The minimum Gasteiger partial charge on any atom is -0.369 e. The maximum Gasteiger partial charge on any atom is 0.220 e. The molecule has 0 aliphatic carbocycles. The fourth-order valence-corrected chi connectivity index (χ4v) is 2.57. The average molecular weight is 425 g/mol. The average Bonchev–Trinajstić information content (AvgIpc) is 2.50. The third-order valence-corrected chi connectivity index (χ3v) is 3.95. The summed E-state index contributed by atoms with van der Waals surface area (Å²) < 4.78 is 0. The number of aliphatic imine (C=N–C) groups is 1. The van der Waals surface area contributed by atoms with Gasteiger partial charge in [0.25, 0.3) is 0 Å². The van der Waals surface area contributed by atoms with E-state index in [-0.39, 0.29) is 35.8 Å². The number of amides is 1. The Morgan fingerprint density at radius 3 is 2.41 bits per heavy atom. The number of piperidine rings is 1. The summed E-state index contributed by atoms with van der Waals surface area (Å²) >= 11 is 0. The normalized spacial score (nSPS) is 16.9. The molecule has 1 rings (SSSR count). The lowest BCUT2D eigenvalue weighted by Crippen LogP contribution is -2.39. The molecule has 1 aliphatic heterocycles. The van der Waals surface area contributed by atoms with Gasteiger partial charge in [-0.15, -0.1) is 24.0 Å². The van der Waals surface area contributed by atoms with E-state index in [1.54, 1.807) is 7.05 Å². The monoisotopic (exact) mass is 425 g/mol. The molecule has 0 unspecified atom stereocenters. The second-order valence-corrected chi connectivity index (χ2v) is 5.65. The van der Waals surface area contributed by atoms with Crippen molar-refractivity contribution in [1.82, 2.24) is 15.5 Å². The topological polar surface area (TPSA) is 82.8 Å². The van der Waals surface area contributed by atoms with Gasteiger partial charge in [0.2, 0.25) is 5.91 Å². The molecule has 0 atom stereocenters. The van der Waals surface area contributed by atoms with E-state index >= 15 is 0 Å². The maximum absolute atomic E-state index is 11.1. The Kier molecular flexibility index (Phi) is 12.6. The van der Waals surface area contributed by atoms with Gasteiger partial charge in [0.1, 0.15) is 0 Å². The van der Waals surface area contributed by atoms with Gasteiger partial charge in [-0.1, -0.05) is 6.92 Å². The van der Waals surface area contributed by atoms with Crippen molar-refractivity contribution in [2.75, 3.05) is 39.8 Å². The van der Waals surface area contributed by atoms with Crippen LogP contribution in [0.2, 0.25) is 0 Å².